The molecule has 2 atom stereocenters. The molecule has 33 heavy (non-hydrogen) atoms. The highest BCUT2D eigenvalue weighted by atomic mass is 32.2. The van der Waals surface area contributed by atoms with Gasteiger partial charge >= 0.3 is 12.1 Å². The van der Waals surface area contributed by atoms with Gasteiger partial charge in [-0.05, 0) is 41.5 Å². The average molecular weight is 471 g/mol. The molecule has 2 unspecified atom stereocenters. The lowest BCUT2D eigenvalue weighted by Crippen LogP contribution is -2.45. The molecule has 0 bridgehead atoms. The Morgan fingerprint density at radius 2 is 1.61 bits per heavy atom. The van der Waals surface area contributed by atoms with E-state index in [1.807, 2.05) is 24.3 Å². The molecular formula is C24H26N2O6S. The number of aliphatic carboxylic acids is 1. The minimum atomic E-state index is -3.90. The third-order valence-electron chi connectivity index (χ3n) is 7.00. The molecule has 9 heteroatoms. The van der Waals surface area contributed by atoms with Crippen molar-refractivity contribution in [3.05, 3.63) is 59.7 Å². The van der Waals surface area contributed by atoms with Crippen molar-refractivity contribution in [3.63, 3.8) is 0 Å². The number of benzene rings is 2. The second-order valence-corrected chi connectivity index (χ2v) is 10.9. The van der Waals surface area contributed by atoms with E-state index in [0.29, 0.717) is 13.0 Å². The van der Waals surface area contributed by atoms with Crippen LogP contribution in [0.1, 0.15) is 36.3 Å². The van der Waals surface area contributed by atoms with Crippen molar-refractivity contribution in [2.45, 2.75) is 36.5 Å². The zero-order valence-corrected chi connectivity index (χ0v) is 18.9. The SMILES string of the molecule is O=C(O)C1CCN(CC2CCCN2C(=O)OCC2c3ccccc3-c3ccccc32)S1(=O)=O. The van der Waals surface area contributed by atoms with Gasteiger partial charge < -0.3 is 14.7 Å². The second-order valence-electron chi connectivity index (χ2n) is 8.81. The molecule has 2 saturated heterocycles. The quantitative estimate of drug-likeness (QED) is 0.721. The first-order valence-electron chi connectivity index (χ1n) is 11.2. The van der Waals surface area contributed by atoms with Crippen LogP contribution in [-0.2, 0) is 19.6 Å². The third-order valence-corrected chi connectivity index (χ3v) is 9.21. The summed E-state index contributed by atoms with van der Waals surface area (Å²) in [4.78, 5) is 25.8. The minimum Gasteiger partial charge on any atom is -0.480 e. The smallest absolute Gasteiger partial charge is 0.410 e. The topological polar surface area (TPSA) is 104 Å². The fraction of sp³-hybridized carbons (Fsp3) is 0.417. The number of sulfonamides is 1. The molecule has 1 amide bonds. The Balaban J connectivity index is 1.27. The van der Waals surface area contributed by atoms with Crippen LogP contribution >= 0.6 is 0 Å². The predicted octanol–water partition coefficient (Wildman–Crippen LogP) is 2.89. The number of carbonyl (C=O) groups excluding carboxylic acids is 1. The number of nitrogens with zero attached hydrogens (tertiary/aromatic N) is 2. The maximum absolute atomic E-state index is 13.0. The van der Waals surface area contributed by atoms with Crippen LogP contribution in [0.4, 0.5) is 4.79 Å². The van der Waals surface area contributed by atoms with Crippen LogP contribution in [0.25, 0.3) is 11.1 Å². The maximum atomic E-state index is 13.0. The summed E-state index contributed by atoms with van der Waals surface area (Å²) in [6, 6.07) is 15.9. The molecule has 8 nitrogen and oxygen atoms in total. The summed E-state index contributed by atoms with van der Waals surface area (Å²) in [5.74, 6) is -1.37. The number of hydrogen-bond donors (Lipinski definition) is 1. The highest BCUT2D eigenvalue weighted by molar-refractivity contribution is 7.90. The van der Waals surface area contributed by atoms with Crippen molar-refractivity contribution in [1.82, 2.24) is 9.21 Å². The van der Waals surface area contributed by atoms with Gasteiger partial charge in [0.15, 0.2) is 5.25 Å². The van der Waals surface area contributed by atoms with Crippen LogP contribution in [-0.4, -0.2) is 72.3 Å². The van der Waals surface area contributed by atoms with E-state index >= 15 is 0 Å². The van der Waals surface area contributed by atoms with E-state index in [0.717, 1.165) is 28.7 Å². The summed E-state index contributed by atoms with van der Waals surface area (Å²) in [5, 5.41) is 7.79. The number of ether oxygens (including phenoxy) is 1. The molecule has 1 N–H and O–H groups in total. The van der Waals surface area contributed by atoms with E-state index in [1.165, 1.54) is 4.31 Å². The summed E-state index contributed by atoms with van der Waals surface area (Å²) in [6.45, 7) is 0.974. The molecule has 2 aromatic carbocycles. The van der Waals surface area contributed by atoms with Crippen LogP contribution in [0.15, 0.2) is 48.5 Å². The first-order chi connectivity index (χ1) is 15.9. The number of hydrogen-bond acceptors (Lipinski definition) is 5. The Hall–Kier alpha value is -2.91. The van der Waals surface area contributed by atoms with Gasteiger partial charge in [0.25, 0.3) is 0 Å². The average Bonchev–Trinajstić information content (AvgIpc) is 3.47. The van der Waals surface area contributed by atoms with Gasteiger partial charge in [-0.1, -0.05) is 48.5 Å². The lowest BCUT2D eigenvalue weighted by atomic mass is 9.98. The number of amides is 1. The Kier molecular flexibility index (Phi) is 5.62. The molecule has 2 fully saturated rings. The van der Waals surface area contributed by atoms with Crippen molar-refractivity contribution in [1.29, 1.82) is 0 Å². The summed E-state index contributed by atoms with van der Waals surface area (Å²) in [5.41, 5.74) is 4.57. The van der Waals surface area contributed by atoms with Gasteiger partial charge in [-0.15, -0.1) is 0 Å². The fourth-order valence-electron chi connectivity index (χ4n) is 5.34. The highest BCUT2D eigenvalue weighted by Gasteiger charge is 2.45. The standard InChI is InChI=1S/C24H26N2O6S/c27-23(28)22-11-13-25(33(22,30)31)14-16-6-5-12-26(16)24(29)32-15-21-19-9-3-1-7-17(19)18-8-2-4-10-20(18)21/h1-4,7-10,16,21-22H,5-6,11-15H2,(H,27,28). The zero-order valence-electron chi connectivity index (χ0n) is 18.1. The molecule has 174 valence electrons. The molecule has 0 aromatic heterocycles. The maximum Gasteiger partial charge on any atom is 0.410 e. The monoisotopic (exact) mass is 470 g/mol. The molecule has 2 heterocycles. The van der Waals surface area contributed by atoms with Crippen LogP contribution in [0.3, 0.4) is 0 Å². The van der Waals surface area contributed by atoms with E-state index in [9.17, 15) is 23.1 Å². The first kappa shape index (κ1) is 21.9. The number of rotatable bonds is 5. The van der Waals surface area contributed by atoms with Crippen molar-refractivity contribution in [2.75, 3.05) is 26.2 Å². The number of carboxylic acids is 1. The van der Waals surface area contributed by atoms with Gasteiger partial charge in [0.05, 0.1) is 0 Å². The van der Waals surface area contributed by atoms with Crippen LogP contribution in [0.2, 0.25) is 0 Å². The second kappa shape index (κ2) is 8.46. The van der Waals surface area contributed by atoms with Gasteiger partial charge in [-0.3, -0.25) is 4.79 Å². The Morgan fingerprint density at radius 3 is 2.21 bits per heavy atom. The number of fused-ring (bicyclic) bond motifs is 3. The van der Waals surface area contributed by atoms with Crippen LogP contribution in [0.5, 0.6) is 0 Å². The van der Waals surface area contributed by atoms with Crippen LogP contribution < -0.4 is 0 Å². The predicted molar refractivity (Wildman–Crippen MR) is 121 cm³/mol. The van der Waals surface area contributed by atoms with Gasteiger partial charge in [0.1, 0.15) is 6.61 Å². The number of carboxylic acid groups (broad SMARTS) is 1. The minimum absolute atomic E-state index is 0.0438. The molecule has 1 aliphatic carbocycles. The largest absolute Gasteiger partial charge is 0.480 e. The van der Waals surface area contributed by atoms with Crippen molar-refractivity contribution >= 4 is 22.1 Å². The zero-order chi connectivity index (χ0) is 23.2. The van der Waals surface area contributed by atoms with E-state index in [1.54, 1.807) is 4.90 Å². The molecule has 0 spiro atoms. The summed E-state index contributed by atoms with van der Waals surface area (Å²) in [7, 11) is -3.90. The number of carbonyl (C=O) groups is 2. The number of likely N-dealkylation sites (tertiary alicyclic amines) is 1. The Morgan fingerprint density at radius 1 is 0.970 bits per heavy atom. The lowest BCUT2D eigenvalue weighted by molar-refractivity contribution is -0.136. The van der Waals surface area contributed by atoms with E-state index in [2.05, 4.69) is 24.3 Å². The Labute approximate surface area is 192 Å². The van der Waals surface area contributed by atoms with Gasteiger partial charge in [0, 0.05) is 31.6 Å². The van der Waals surface area contributed by atoms with Crippen molar-refractivity contribution < 1.29 is 27.9 Å². The van der Waals surface area contributed by atoms with Crippen molar-refractivity contribution in [3.8, 4) is 11.1 Å². The van der Waals surface area contributed by atoms with Crippen molar-refractivity contribution in [2.24, 2.45) is 0 Å². The molecule has 0 radical (unpaired) electrons. The van der Waals surface area contributed by atoms with Gasteiger partial charge in [-0.25, -0.2) is 13.2 Å². The van der Waals surface area contributed by atoms with E-state index in [-0.39, 0.29) is 38.1 Å². The lowest BCUT2D eigenvalue weighted by Gasteiger charge is -2.28. The fourth-order valence-corrected chi connectivity index (χ4v) is 7.10. The first-order valence-corrected chi connectivity index (χ1v) is 12.7. The third kappa shape index (κ3) is 3.79. The highest BCUT2D eigenvalue weighted by Crippen LogP contribution is 2.44. The van der Waals surface area contributed by atoms with Gasteiger partial charge in [-0.2, -0.15) is 4.31 Å². The summed E-state index contributed by atoms with van der Waals surface area (Å²) < 4.78 is 32.1. The summed E-state index contributed by atoms with van der Waals surface area (Å²) >= 11 is 0. The normalized spacial score (nSPS) is 23.9. The van der Waals surface area contributed by atoms with Crippen LogP contribution in [0, 0.1) is 0 Å². The molecule has 5 rings (SSSR count). The molecule has 2 aliphatic heterocycles. The van der Waals surface area contributed by atoms with E-state index < -0.39 is 27.3 Å². The molecular weight excluding hydrogens is 444 g/mol. The Bertz CT molecular complexity index is 1150. The molecule has 0 saturated carbocycles. The summed E-state index contributed by atoms with van der Waals surface area (Å²) in [6.07, 6.45) is 1.03. The molecule has 3 aliphatic rings. The van der Waals surface area contributed by atoms with Gasteiger partial charge in [0.2, 0.25) is 10.0 Å². The molecule has 2 aromatic rings. The van der Waals surface area contributed by atoms with E-state index in [4.69, 9.17) is 4.74 Å².